The Morgan fingerprint density at radius 2 is 1.54 bits per heavy atom. The third kappa shape index (κ3) is 20.5. The van der Waals surface area contributed by atoms with Crippen LogP contribution in [0.25, 0.3) is 0 Å². The third-order valence-corrected chi connectivity index (χ3v) is 7.16. The fourth-order valence-corrected chi connectivity index (χ4v) is 4.72. The predicted octanol–water partition coefficient (Wildman–Crippen LogP) is 3.59. The quantitative estimate of drug-likeness (QED) is 0.0917. The molecule has 0 radical (unpaired) electrons. The number of aliphatic hydroxyl groups is 2. The number of amides is 2. The summed E-state index contributed by atoms with van der Waals surface area (Å²) in [5.41, 5.74) is -1.09. The molecule has 3 atom stereocenters. The molecular formula is C25H48N2O8PS+. The van der Waals surface area contributed by atoms with Crippen molar-refractivity contribution in [2.45, 2.75) is 110 Å². The van der Waals surface area contributed by atoms with E-state index in [-0.39, 0.29) is 43.6 Å². The maximum absolute atomic E-state index is 12.1. The Morgan fingerprint density at radius 1 is 0.946 bits per heavy atom. The molecule has 5 N–H and O–H groups in total. The van der Waals surface area contributed by atoms with Crippen LogP contribution < -0.4 is 10.6 Å². The van der Waals surface area contributed by atoms with Gasteiger partial charge in [0.2, 0.25) is 11.8 Å². The molecule has 37 heavy (non-hydrogen) atoms. The number of nitrogens with one attached hydrogen (secondary N) is 2. The highest BCUT2D eigenvalue weighted by Crippen LogP contribution is 2.26. The first-order valence-electron chi connectivity index (χ1n) is 13.3. The highest BCUT2D eigenvalue weighted by Gasteiger charge is 2.36. The molecule has 0 spiro atoms. The summed E-state index contributed by atoms with van der Waals surface area (Å²) in [6, 6.07) is 0. The summed E-state index contributed by atoms with van der Waals surface area (Å²) in [5.74, 6) is -0.633. The first-order valence-corrected chi connectivity index (χ1v) is 15.5. The highest BCUT2D eigenvalue weighted by atomic mass is 32.2. The zero-order valence-corrected chi connectivity index (χ0v) is 24.4. The van der Waals surface area contributed by atoms with Crippen molar-refractivity contribution in [1.82, 2.24) is 10.6 Å². The maximum atomic E-state index is 12.1. The lowest BCUT2D eigenvalue weighted by molar-refractivity contribution is -0.136. The summed E-state index contributed by atoms with van der Waals surface area (Å²) in [4.78, 5) is 44.7. The Labute approximate surface area is 227 Å². The van der Waals surface area contributed by atoms with Crippen LogP contribution in [0.15, 0.2) is 0 Å². The minimum Gasteiger partial charge on any atom is -0.393 e. The van der Waals surface area contributed by atoms with E-state index < -0.39 is 31.8 Å². The molecule has 0 heterocycles. The van der Waals surface area contributed by atoms with E-state index >= 15 is 0 Å². The smallest absolute Gasteiger partial charge is 0.393 e. The number of thioether (sulfide) groups is 1. The molecule has 0 rings (SSSR count). The number of rotatable bonds is 23. The molecule has 0 aliphatic carbocycles. The van der Waals surface area contributed by atoms with Gasteiger partial charge in [-0.1, -0.05) is 90.3 Å². The van der Waals surface area contributed by atoms with Crippen molar-refractivity contribution in [2.24, 2.45) is 5.41 Å². The zero-order valence-electron chi connectivity index (χ0n) is 22.7. The standard InChI is InChI=1S/C25H47N2O8PS/c1-4-5-6-7-8-9-10-11-12-13-20(28)18-22(30)37-17-16-26-21(29)14-15-27-24(32)23(31)25(2,3)19-35-36(33)34/h20,23,28,31H,4-19H2,1-3H3,(H2-,26,27,29,32,33,34)/p+1/t20-,23-/m0/s1. The molecule has 1 unspecified atom stereocenters. The first kappa shape index (κ1) is 35.9. The molecule has 10 nitrogen and oxygen atoms in total. The van der Waals surface area contributed by atoms with E-state index in [0.29, 0.717) is 12.2 Å². The van der Waals surface area contributed by atoms with Crippen molar-refractivity contribution in [1.29, 1.82) is 0 Å². The zero-order chi connectivity index (χ0) is 28.1. The third-order valence-electron chi connectivity index (χ3n) is 5.92. The van der Waals surface area contributed by atoms with Crippen LogP contribution in [0.1, 0.15) is 97.8 Å². The Kier molecular flexibility index (Phi) is 21.1. The van der Waals surface area contributed by atoms with Crippen LogP contribution in [0.5, 0.6) is 0 Å². The number of unbranched alkanes of at least 4 members (excludes halogenated alkanes) is 8. The van der Waals surface area contributed by atoms with Gasteiger partial charge in [0.15, 0.2) is 5.12 Å². The van der Waals surface area contributed by atoms with Gasteiger partial charge in [-0.2, -0.15) is 0 Å². The van der Waals surface area contributed by atoms with Crippen LogP contribution in [0.3, 0.4) is 0 Å². The largest absolute Gasteiger partial charge is 0.694 e. The first-order chi connectivity index (χ1) is 17.5. The molecule has 0 aromatic rings. The number of hydrogen-bond acceptors (Lipinski definition) is 8. The van der Waals surface area contributed by atoms with Gasteiger partial charge in [-0.15, -0.1) is 9.42 Å². The normalized spacial score (nSPS) is 13.6. The van der Waals surface area contributed by atoms with E-state index in [1.54, 1.807) is 0 Å². The lowest BCUT2D eigenvalue weighted by Gasteiger charge is -2.26. The maximum Gasteiger partial charge on any atom is 0.694 e. The molecule has 0 fully saturated rings. The molecule has 216 valence electrons. The Morgan fingerprint density at radius 3 is 2.14 bits per heavy atom. The molecular weight excluding hydrogens is 519 g/mol. The summed E-state index contributed by atoms with van der Waals surface area (Å²) in [6.45, 7) is 5.23. The Bertz CT molecular complexity index is 681. The number of carbonyl (C=O) groups is 3. The highest BCUT2D eigenvalue weighted by molar-refractivity contribution is 8.13. The van der Waals surface area contributed by atoms with Crippen LogP contribution in [0.2, 0.25) is 0 Å². The molecule has 2 amide bonds. The monoisotopic (exact) mass is 567 g/mol. The van der Waals surface area contributed by atoms with E-state index in [2.05, 4.69) is 22.1 Å². The topological polar surface area (TPSA) is 162 Å². The van der Waals surface area contributed by atoms with Gasteiger partial charge in [-0.25, -0.2) is 0 Å². The molecule has 0 aliphatic heterocycles. The summed E-state index contributed by atoms with van der Waals surface area (Å²) < 4.78 is 15.2. The molecule has 0 aromatic carbocycles. The molecule has 0 saturated heterocycles. The second-order valence-corrected chi connectivity index (χ2v) is 11.9. The fraction of sp³-hybridized carbons (Fsp3) is 0.880. The molecule has 0 aromatic heterocycles. The second kappa shape index (κ2) is 21.8. The van der Waals surface area contributed by atoms with E-state index in [4.69, 9.17) is 4.89 Å². The van der Waals surface area contributed by atoms with Crippen LogP contribution in [-0.2, 0) is 23.5 Å². The van der Waals surface area contributed by atoms with Crippen LogP contribution in [0, 0.1) is 5.41 Å². The summed E-state index contributed by atoms with van der Waals surface area (Å²) in [5, 5.41) is 25.2. The average molecular weight is 568 g/mol. The van der Waals surface area contributed by atoms with Crippen molar-refractivity contribution < 1.29 is 38.6 Å². The van der Waals surface area contributed by atoms with Crippen LogP contribution in [-0.4, -0.2) is 69.7 Å². The van der Waals surface area contributed by atoms with Crippen LogP contribution >= 0.6 is 20.0 Å². The summed E-state index contributed by atoms with van der Waals surface area (Å²) in [6.07, 6.45) is 9.50. The van der Waals surface area contributed by atoms with Crippen molar-refractivity contribution >= 4 is 36.9 Å². The number of carbonyl (C=O) groups excluding carboxylic acids is 3. The van der Waals surface area contributed by atoms with Gasteiger partial charge in [-0.05, 0) is 6.42 Å². The minimum absolute atomic E-state index is 0.00402. The average Bonchev–Trinajstić information content (AvgIpc) is 2.83. The minimum atomic E-state index is -2.83. The van der Waals surface area contributed by atoms with Gasteiger partial charge in [0.1, 0.15) is 12.7 Å². The lowest BCUT2D eigenvalue weighted by Crippen LogP contribution is -2.46. The van der Waals surface area contributed by atoms with Gasteiger partial charge in [0, 0.05) is 41.7 Å². The number of aliphatic hydroxyl groups excluding tert-OH is 2. The van der Waals surface area contributed by atoms with Gasteiger partial charge in [0.05, 0.1) is 6.10 Å². The van der Waals surface area contributed by atoms with Gasteiger partial charge in [0.25, 0.3) is 0 Å². The molecule has 0 saturated carbocycles. The van der Waals surface area contributed by atoms with Crippen molar-refractivity contribution in [3.8, 4) is 0 Å². The summed E-state index contributed by atoms with van der Waals surface area (Å²) in [7, 11) is -2.83. The van der Waals surface area contributed by atoms with E-state index in [0.717, 1.165) is 24.6 Å². The van der Waals surface area contributed by atoms with Crippen LogP contribution in [0.4, 0.5) is 0 Å². The predicted molar refractivity (Wildman–Crippen MR) is 146 cm³/mol. The molecule has 0 aliphatic rings. The van der Waals surface area contributed by atoms with E-state index in [9.17, 15) is 29.2 Å². The SMILES string of the molecule is CCCCCCCCCCC[C@H](O)CC(=O)SCCNC(=O)CCNC(=O)[C@H](O)C(C)(C)CO[P+](=O)O. The lowest BCUT2D eigenvalue weighted by atomic mass is 9.87. The van der Waals surface area contributed by atoms with Gasteiger partial charge in [-0.3, -0.25) is 14.4 Å². The van der Waals surface area contributed by atoms with E-state index in [1.807, 2.05) is 0 Å². The van der Waals surface area contributed by atoms with Crippen molar-refractivity contribution in [3.05, 3.63) is 0 Å². The van der Waals surface area contributed by atoms with Crippen molar-refractivity contribution in [3.63, 3.8) is 0 Å². The van der Waals surface area contributed by atoms with E-state index in [1.165, 1.54) is 58.8 Å². The Balaban J connectivity index is 3.82. The fourth-order valence-electron chi connectivity index (χ4n) is 3.54. The molecule has 0 bridgehead atoms. The van der Waals surface area contributed by atoms with Crippen molar-refractivity contribution in [2.75, 3.05) is 25.4 Å². The second-order valence-electron chi connectivity index (χ2n) is 9.99. The molecule has 12 heteroatoms. The Hall–Kier alpha value is -1.10. The van der Waals surface area contributed by atoms with Gasteiger partial charge < -0.3 is 20.8 Å². The number of hydrogen-bond donors (Lipinski definition) is 5. The summed E-state index contributed by atoms with van der Waals surface area (Å²) >= 11 is 1.08. The van der Waals surface area contributed by atoms with Gasteiger partial charge >= 0.3 is 8.25 Å².